The van der Waals surface area contributed by atoms with E-state index in [0.29, 0.717) is 11.8 Å². The highest BCUT2D eigenvalue weighted by Gasteiger charge is 2.21. The number of aromatic nitrogens is 2. The van der Waals surface area contributed by atoms with Gasteiger partial charge >= 0.3 is 0 Å². The van der Waals surface area contributed by atoms with E-state index < -0.39 is 0 Å². The number of hydrogen-bond donors (Lipinski definition) is 1. The summed E-state index contributed by atoms with van der Waals surface area (Å²) in [7, 11) is 1.86. The van der Waals surface area contributed by atoms with Crippen LogP contribution in [0.3, 0.4) is 0 Å². The summed E-state index contributed by atoms with van der Waals surface area (Å²) >= 11 is 0. The number of anilines is 1. The number of likely N-dealkylation sites (N-methyl/N-ethyl adjacent to an activating group) is 1. The molecule has 0 saturated carbocycles. The van der Waals surface area contributed by atoms with Gasteiger partial charge in [0.15, 0.2) is 0 Å². The van der Waals surface area contributed by atoms with Crippen LogP contribution in [-0.2, 0) is 4.79 Å². The third kappa shape index (κ3) is 4.46. The lowest BCUT2D eigenvalue weighted by molar-refractivity contribution is -0.117. The fourth-order valence-electron chi connectivity index (χ4n) is 2.93. The normalized spacial score (nSPS) is 12.2. The highest BCUT2D eigenvalue weighted by atomic mass is 16.4. The lowest BCUT2D eigenvalue weighted by atomic mass is 10.1. The van der Waals surface area contributed by atoms with E-state index in [2.05, 4.69) is 15.5 Å². The van der Waals surface area contributed by atoms with Crippen molar-refractivity contribution in [2.24, 2.45) is 0 Å². The van der Waals surface area contributed by atoms with E-state index in [1.165, 1.54) is 0 Å². The average molecular weight is 378 g/mol. The topological polar surface area (TPSA) is 71.3 Å². The molecule has 2 aromatic carbocycles. The number of rotatable bonds is 6. The van der Waals surface area contributed by atoms with Crippen LogP contribution in [0.1, 0.15) is 35.5 Å². The zero-order valence-electron chi connectivity index (χ0n) is 17.0. The van der Waals surface area contributed by atoms with Crippen LogP contribution < -0.4 is 5.32 Å². The molecule has 28 heavy (non-hydrogen) atoms. The van der Waals surface area contributed by atoms with Crippen LogP contribution in [0, 0.1) is 20.8 Å². The maximum absolute atomic E-state index is 12.5. The molecule has 6 nitrogen and oxygen atoms in total. The Morgan fingerprint density at radius 2 is 1.89 bits per heavy atom. The summed E-state index contributed by atoms with van der Waals surface area (Å²) in [4.78, 5) is 14.3. The van der Waals surface area contributed by atoms with Crippen LogP contribution >= 0.6 is 0 Å². The van der Waals surface area contributed by atoms with Crippen molar-refractivity contribution in [1.82, 2.24) is 15.1 Å². The zero-order valence-corrected chi connectivity index (χ0v) is 17.0. The van der Waals surface area contributed by atoms with Crippen molar-refractivity contribution in [3.63, 3.8) is 0 Å². The fourth-order valence-corrected chi connectivity index (χ4v) is 2.93. The maximum atomic E-state index is 12.5. The Morgan fingerprint density at radius 3 is 2.64 bits per heavy atom. The largest absolute Gasteiger partial charge is 0.419 e. The summed E-state index contributed by atoms with van der Waals surface area (Å²) in [6.45, 7) is 8.21. The Kier molecular flexibility index (Phi) is 5.90. The number of nitrogens with zero attached hydrogens (tertiary/aromatic N) is 3. The molecule has 0 unspecified atom stereocenters. The van der Waals surface area contributed by atoms with Crippen molar-refractivity contribution >= 4 is 11.6 Å². The average Bonchev–Trinajstić information content (AvgIpc) is 3.15. The molecule has 1 N–H and O–H groups in total. The number of hydrogen-bond acceptors (Lipinski definition) is 5. The van der Waals surface area contributed by atoms with Crippen LogP contribution in [0.4, 0.5) is 5.69 Å². The van der Waals surface area contributed by atoms with Gasteiger partial charge in [-0.1, -0.05) is 29.8 Å². The van der Waals surface area contributed by atoms with Gasteiger partial charge in [-0.05, 0) is 64.1 Å². The molecule has 1 aromatic heterocycles. The standard InChI is InChI=1S/C22H26N4O2/c1-14-8-6-10-18(12-14)22-25-24-21(28-22)17(4)26(5)13-20(27)23-19-11-7-9-15(2)16(19)3/h6-12,17H,13H2,1-5H3,(H,23,27)/t17-/m1/s1. The molecule has 1 heterocycles. The molecule has 146 valence electrons. The summed E-state index contributed by atoms with van der Waals surface area (Å²) in [5.41, 5.74) is 5.08. The summed E-state index contributed by atoms with van der Waals surface area (Å²) in [5, 5.41) is 11.3. The molecule has 0 aliphatic rings. The lowest BCUT2D eigenvalue weighted by Crippen LogP contribution is -2.32. The molecule has 0 saturated heterocycles. The Hall–Kier alpha value is -2.99. The minimum Gasteiger partial charge on any atom is -0.419 e. The quantitative estimate of drug-likeness (QED) is 0.693. The van der Waals surface area contributed by atoms with Gasteiger partial charge in [0.2, 0.25) is 17.7 Å². The second kappa shape index (κ2) is 8.35. The predicted octanol–water partition coefficient (Wildman–Crippen LogP) is 4.29. The third-order valence-electron chi connectivity index (χ3n) is 5.00. The van der Waals surface area contributed by atoms with Crippen molar-refractivity contribution in [3.8, 4) is 11.5 Å². The van der Waals surface area contributed by atoms with E-state index >= 15 is 0 Å². The van der Waals surface area contributed by atoms with Crippen LogP contribution in [0.2, 0.25) is 0 Å². The van der Waals surface area contributed by atoms with Crippen molar-refractivity contribution < 1.29 is 9.21 Å². The van der Waals surface area contributed by atoms with Crippen LogP contribution in [0.15, 0.2) is 46.9 Å². The molecule has 0 radical (unpaired) electrons. The number of nitrogens with one attached hydrogen (secondary N) is 1. The molecule has 0 spiro atoms. The van der Waals surface area contributed by atoms with Gasteiger partial charge in [-0.3, -0.25) is 9.69 Å². The Balaban J connectivity index is 1.65. The SMILES string of the molecule is Cc1cccc(-c2nnc([C@@H](C)N(C)CC(=O)Nc3cccc(C)c3C)o2)c1. The van der Waals surface area contributed by atoms with E-state index in [0.717, 1.165) is 27.9 Å². The lowest BCUT2D eigenvalue weighted by Gasteiger charge is -2.21. The van der Waals surface area contributed by atoms with Crippen molar-refractivity contribution in [2.45, 2.75) is 33.7 Å². The maximum Gasteiger partial charge on any atom is 0.247 e. The van der Waals surface area contributed by atoms with Crippen molar-refractivity contribution in [2.75, 3.05) is 18.9 Å². The van der Waals surface area contributed by atoms with Crippen LogP contribution in [-0.4, -0.2) is 34.6 Å². The van der Waals surface area contributed by atoms with E-state index in [1.807, 2.05) is 82.1 Å². The Bertz CT molecular complexity index is 980. The first-order valence-corrected chi connectivity index (χ1v) is 9.32. The van der Waals surface area contributed by atoms with E-state index in [1.54, 1.807) is 0 Å². The van der Waals surface area contributed by atoms with Gasteiger partial charge in [-0.15, -0.1) is 10.2 Å². The van der Waals surface area contributed by atoms with Gasteiger partial charge in [0, 0.05) is 11.3 Å². The zero-order chi connectivity index (χ0) is 20.3. The first-order chi connectivity index (χ1) is 13.3. The minimum atomic E-state index is -0.185. The molecule has 6 heteroatoms. The number of amides is 1. The fraction of sp³-hybridized carbons (Fsp3) is 0.318. The highest BCUT2D eigenvalue weighted by Crippen LogP contribution is 2.24. The molecule has 0 fully saturated rings. The van der Waals surface area contributed by atoms with Gasteiger partial charge in [0.25, 0.3) is 0 Å². The predicted molar refractivity (Wildman–Crippen MR) is 110 cm³/mol. The van der Waals surface area contributed by atoms with Crippen LogP contribution in [0.5, 0.6) is 0 Å². The summed E-state index contributed by atoms with van der Waals surface area (Å²) in [6.07, 6.45) is 0. The second-order valence-electron chi connectivity index (χ2n) is 7.20. The molecule has 0 bridgehead atoms. The van der Waals surface area contributed by atoms with Gasteiger partial charge in [0.05, 0.1) is 12.6 Å². The number of carbonyl (C=O) groups excluding carboxylic acids is 1. The summed E-state index contributed by atoms with van der Waals surface area (Å²) in [5.74, 6) is 0.888. The smallest absolute Gasteiger partial charge is 0.247 e. The molecule has 0 aliphatic heterocycles. The third-order valence-corrected chi connectivity index (χ3v) is 5.00. The monoisotopic (exact) mass is 378 g/mol. The molecular weight excluding hydrogens is 352 g/mol. The van der Waals surface area contributed by atoms with Gasteiger partial charge in [-0.2, -0.15) is 0 Å². The molecule has 3 aromatic rings. The van der Waals surface area contributed by atoms with Crippen molar-refractivity contribution in [1.29, 1.82) is 0 Å². The number of carbonyl (C=O) groups is 1. The number of benzene rings is 2. The Labute approximate surface area is 165 Å². The molecule has 0 aliphatic carbocycles. The molecule has 3 rings (SSSR count). The first-order valence-electron chi connectivity index (χ1n) is 9.32. The molecule has 1 amide bonds. The van der Waals surface area contributed by atoms with E-state index in [9.17, 15) is 4.79 Å². The molecular formula is C22H26N4O2. The van der Waals surface area contributed by atoms with Crippen LogP contribution in [0.25, 0.3) is 11.5 Å². The Morgan fingerprint density at radius 1 is 1.14 bits per heavy atom. The summed E-state index contributed by atoms with van der Waals surface area (Å²) < 4.78 is 5.85. The highest BCUT2D eigenvalue weighted by molar-refractivity contribution is 5.93. The molecule has 1 atom stereocenters. The van der Waals surface area contributed by atoms with Gasteiger partial charge in [-0.25, -0.2) is 0 Å². The summed E-state index contributed by atoms with van der Waals surface area (Å²) in [6, 6.07) is 13.6. The second-order valence-corrected chi connectivity index (χ2v) is 7.20. The van der Waals surface area contributed by atoms with Gasteiger partial charge in [0.1, 0.15) is 0 Å². The van der Waals surface area contributed by atoms with E-state index in [4.69, 9.17) is 4.42 Å². The number of aryl methyl sites for hydroxylation is 2. The van der Waals surface area contributed by atoms with Crippen molar-refractivity contribution in [3.05, 3.63) is 65.0 Å². The first kappa shape index (κ1) is 19.8. The van der Waals surface area contributed by atoms with Gasteiger partial charge < -0.3 is 9.73 Å². The van der Waals surface area contributed by atoms with E-state index in [-0.39, 0.29) is 18.5 Å². The minimum absolute atomic E-state index is 0.0820.